The molecule has 2 atom stereocenters. The van der Waals surface area contributed by atoms with E-state index in [2.05, 4.69) is 40.9 Å². The number of halogens is 1. The number of benzene rings is 1. The second kappa shape index (κ2) is 5.23. The van der Waals surface area contributed by atoms with Gasteiger partial charge < -0.3 is 15.8 Å². The van der Waals surface area contributed by atoms with Gasteiger partial charge in [0, 0.05) is 22.6 Å². The van der Waals surface area contributed by atoms with E-state index >= 15 is 0 Å². The Labute approximate surface area is 110 Å². The Morgan fingerprint density at radius 2 is 2.38 bits per heavy atom. The summed E-state index contributed by atoms with van der Waals surface area (Å²) in [5.41, 5.74) is 7.79. The summed E-state index contributed by atoms with van der Waals surface area (Å²) in [6, 6.07) is 6.09. The maximum atomic E-state index is 5.94. The Kier molecular flexibility index (Phi) is 3.91. The molecule has 0 bridgehead atoms. The largest absolute Gasteiger partial charge is 0.397 e. The van der Waals surface area contributed by atoms with Crippen molar-refractivity contribution in [1.29, 1.82) is 0 Å². The molecule has 1 aliphatic heterocycles. The van der Waals surface area contributed by atoms with Crippen molar-refractivity contribution in [2.24, 2.45) is 5.92 Å². The average Bonchev–Trinajstić information content (AvgIpc) is 2.63. The molecule has 3 N–H and O–H groups in total. The lowest BCUT2D eigenvalue weighted by Gasteiger charge is -2.16. The summed E-state index contributed by atoms with van der Waals surface area (Å²) < 4.78 is 6.70. The van der Waals surface area contributed by atoms with Crippen LogP contribution in [0, 0.1) is 9.49 Å². The fraction of sp³-hybridized carbons (Fsp3) is 0.500. The molecule has 16 heavy (non-hydrogen) atoms. The molecule has 1 fully saturated rings. The van der Waals surface area contributed by atoms with Gasteiger partial charge >= 0.3 is 0 Å². The van der Waals surface area contributed by atoms with E-state index in [1.54, 1.807) is 0 Å². The normalized spacial score (nSPS) is 24.6. The van der Waals surface area contributed by atoms with Gasteiger partial charge in [-0.2, -0.15) is 0 Å². The molecule has 1 aromatic carbocycles. The molecule has 0 radical (unpaired) electrons. The van der Waals surface area contributed by atoms with Gasteiger partial charge in [-0.1, -0.05) is 0 Å². The lowest BCUT2D eigenvalue weighted by molar-refractivity contribution is 0.108. The second-order valence-corrected chi connectivity index (χ2v) is 5.48. The van der Waals surface area contributed by atoms with Crippen LogP contribution >= 0.6 is 22.6 Å². The lowest BCUT2D eigenvalue weighted by Crippen LogP contribution is -2.21. The lowest BCUT2D eigenvalue weighted by atomic mass is 10.0. The van der Waals surface area contributed by atoms with Crippen molar-refractivity contribution in [2.45, 2.75) is 19.4 Å². The first-order chi connectivity index (χ1) is 7.66. The van der Waals surface area contributed by atoms with E-state index < -0.39 is 0 Å². The number of nitrogens with two attached hydrogens (primary N) is 1. The van der Waals surface area contributed by atoms with Crippen LogP contribution in [0.1, 0.15) is 13.3 Å². The number of ether oxygens (including phenoxy) is 1. The van der Waals surface area contributed by atoms with Crippen LogP contribution in [0.2, 0.25) is 0 Å². The molecule has 88 valence electrons. The fourth-order valence-corrected chi connectivity index (χ4v) is 2.50. The maximum absolute atomic E-state index is 5.94. The topological polar surface area (TPSA) is 47.3 Å². The summed E-state index contributed by atoms with van der Waals surface area (Å²) in [6.07, 6.45) is 1.50. The van der Waals surface area contributed by atoms with Crippen molar-refractivity contribution < 1.29 is 4.74 Å². The van der Waals surface area contributed by atoms with E-state index in [1.165, 1.54) is 3.57 Å². The Hall–Kier alpha value is -0.490. The first kappa shape index (κ1) is 12.0. The number of hydrogen-bond acceptors (Lipinski definition) is 3. The molecule has 1 aromatic rings. The molecule has 2 unspecified atom stereocenters. The van der Waals surface area contributed by atoms with E-state index in [1.807, 2.05) is 12.1 Å². The summed E-state index contributed by atoms with van der Waals surface area (Å²) in [7, 11) is 0. The Balaban J connectivity index is 1.94. The smallest absolute Gasteiger partial charge is 0.0592 e. The van der Waals surface area contributed by atoms with E-state index in [9.17, 15) is 0 Å². The highest BCUT2D eigenvalue weighted by Gasteiger charge is 2.23. The summed E-state index contributed by atoms with van der Waals surface area (Å²) >= 11 is 2.26. The highest BCUT2D eigenvalue weighted by Crippen LogP contribution is 2.24. The van der Waals surface area contributed by atoms with Crippen LogP contribution in [0.3, 0.4) is 0 Å². The molecule has 4 heteroatoms. The van der Waals surface area contributed by atoms with Gasteiger partial charge in [-0.05, 0) is 54.1 Å². The van der Waals surface area contributed by atoms with Crippen LogP contribution in [0.15, 0.2) is 18.2 Å². The number of rotatable bonds is 3. The van der Waals surface area contributed by atoms with E-state index in [0.717, 1.165) is 30.9 Å². The van der Waals surface area contributed by atoms with Gasteiger partial charge in [0.05, 0.1) is 17.5 Å². The summed E-state index contributed by atoms with van der Waals surface area (Å²) in [4.78, 5) is 0. The van der Waals surface area contributed by atoms with Gasteiger partial charge in [0.2, 0.25) is 0 Å². The van der Waals surface area contributed by atoms with Crippen molar-refractivity contribution >= 4 is 34.0 Å². The van der Waals surface area contributed by atoms with Crippen LogP contribution in [-0.4, -0.2) is 19.3 Å². The third-order valence-corrected chi connectivity index (χ3v) is 3.77. The van der Waals surface area contributed by atoms with Crippen LogP contribution in [0.5, 0.6) is 0 Å². The zero-order chi connectivity index (χ0) is 11.5. The van der Waals surface area contributed by atoms with Crippen LogP contribution < -0.4 is 11.1 Å². The third kappa shape index (κ3) is 2.79. The van der Waals surface area contributed by atoms with Crippen molar-refractivity contribution in [2.75, 3.05) is 24.2 Å². The van der Waals surface area contributed by atoms with Crippen molar-refractivity contribution in [3.8, 4) is 0 Å². The molecule has 0 amide bonds. The molecule has 0 saturated carbocycles. The Morgan fingerprint density at radius 3 is 3.00 bits per heavy atom. The van der Waals surface area contributed by atoms with Crippen molar-refractivity contribution in [3.05, 3.63) is 21.8 Å². The minimum atomic E-state index is 0.359. The second-order valence-electron chi connectivity index (χ2n) is 4.24. The predicted molar refractivity (Wildman–Crippen MR) is 75.6 cm³/mol. The monoisotopic (exact) mass is 332 g/mol. The van der Waals surface area contributed by atoms with Gasteiger partial charge in [0.25, 0.3) is 0 Å². The molecule has 0 aliphatic carbocycles. The first-order valence-corrected chi connectivity index (χ1v) is 6.65. The molecular formula is C12H17IN2O. The van der Waals surface area contributed by atoms with E-state index in [-0.39, 0.29) is 0 Å². The van der Waals surface area contributed by atoms with Gasteiger partial charge in [0.1, 0.15) is 0 Å². The van der Waals surface area contributed by atoms with Gasteiger partial charge in [-0.15, -0.1) is 0 Å². The standard InChI is InChI=1S/C12H17IN2O/c1-8-9(4-5-16-8)7-15-12-3-2-10(13)6-11(12)14/h2-3,6,8-9,15H,4-5,7,14H2,1H3. The molecule has 1 aliphatic rings. The summed E-state index contributed by atoms with van der Waals surface area (Å²) in [5, 5.41) is 3.40. The van der Waals surface area contributed by atoms with Crippen LogP contribution in [0.4, 0.5) is 11.4 Å². The molecule has 3 nitrogen and oxygen atoms in total. The highest BCUT2D eigenvalue weighted by molar-refractivity contribution is 14.1. The number of anilines is 2. The van der Waals surface area contributed by atoms with Gasteiger partial charge in [0.15, 0.2) is 0 Å². The molecular weight excluding hydrogens is 315 g/mol. The minimum Gasteiger partial charge on any atom is -0.397 e. The number of hydrogen-bond donors (Lipinski definition) is 2. The van der Waals surface area contributed by atoms with Crippen molar-refractivity contribution in [3.63, 3.8) is 0 Å². The first-order valence-electron chi connectivity index (χ1n) is 5.57. The highest BCUT2D eigenvalue weighted by atomic mass is 127. The van der Waals surface area contributed by atoms with Crippen LogP contribution in [-0.2, 0) is 4.74 Å². The summed E-state index contributed by atoms with van der Waals surface area (Å²) in [6.45, 7) is 3.96. The number of nitrogen functional groups attached to an aromatic ring is 1. The molecule has 0 spiro atoms. The minimum absolute atomic E-state index is 0.359. The third-order valence-electron chi connectivity index (χ3n) is 3.10. The molecule has 2 rings (SSSR count). The summed E-state index contributed by atoms with van der Waals surface area (Å²) in [5.74, 6) is 0.596. The molecule has 1 heterocycles. The fourth-order valence-electron chi connectivity index (χ4n) is 1.98. The molecule has 1 saturated heterocycles. The van der Waals surface area contributed by atoms with E-state index in [0.29, 0.717) is 12.0 Å². The zero-order valence-corrected chi connectivity index (χ0v) is 11.5. The van der Waals surface area contributed by atoms with Gasteiger partial charge in [-0.25, -0.2) is 0 Å². The SMILES string of the molecule is CC1OCCC1CNc1ccc(I)cc1N. The van der Waals surface area contributed by atoms with Crippen LogP contribution in [0.25, 0.3) is 0 Å². The van der Waals surface area contributed by atoms with Gasteiger partial charge in [-0.3, -0.25) is 0 Å². The quantitative estimate of drug-likeness (QED) is 0.661. The number of nitrogens with one attached hydrogen (secondary N) is 1. The van der Waals surface area contributed by atoms with E-state index in [4.69, 9.17) is 10.5 Å². The Morgan fingerprint density at radius 1 is 1.56 bits per heavy atom. The van der Waals surface area contributed by atoms with Crippen molar-refractivity contribution in [1.82, 2.24) is 0 Å². The Bertz CT molecular complexity index is 370. The zero-order valence-electron chi connectivity index (χ0n) is 9.37. The predicted octanol–water partition coefficient (Wildman–Crippen LogP) is 2.71. The maximum Gasteiger partial charge on any atom is 0.0592 e. The molecule has 0 aromatic heterocycles. The average molecular weight is 332 g/mol.